The summed E-state index contributed by atoms with van der Waals surface area (Å²) in [4.78, 5) is 25.1. The third-order valence-corrected chi connectivity index (χ3v) is 15.2. The Bertz CT molecular complexity index is 1220. The van der Waals surface area contributed by atoms with Gasteiger partial charge in [0.15, 0.2) is 6.29 Å². The van der Waals surface area contributed by atoms with Crippen molar-refractivity contribution in [1.82, 2.24) is 5.32 Å². The van der Waals surface area contributed by atoms with Gasteiger partial charge >= 0.3 is 5.97 Å². The Morgan fingerprint density at radius 2 is 0.863 bits per heavy atom. The number of amides is 1. The molecule has 1 saturated heterocycles. The standard InChI is InChI=1S/C62H119NO10/c1-3-5-7-9-11-13-14-15-16-17-21-24-27-30-34-38-42-46-50-58(67)71-51-47-43-39-35-31-28-25-22-19-18-20-23-26-29-33-37-41-45-49-57(66)63-54(55(65)48-44-40-36-32-12-10-8-6-4-2)53-72-62-61(70)60(69)59(68)56(52-64)73-62/h44,48,54-56,59-62,64-65,68-70H,3-43,45-47,49-53H2,1-2H3,(H,63,66)/b48-44+. The quantitative estimate of drug-likeness (QED) is 0.0195. The van der Waals surface area contributed by atoms with Crippen LogP contribution in [0.5, 0.6) is 0 Å². The first-order valence-corrected chi connectivity index (χ1v) is 31.5. The van der Waals surface area contributed by atoms with Gasteiger partial charge in [-0.05, 0) is 32.1 Å². The molecule has 7 atom stereocenters. The lowest BCUT2D eigenvalue weighted by molar-refractivity contribution is -0.302. The molecule has 1 rings (SSSR count). The van der Waals surface area contributed by atoms with E-state index in [1.807, 2.05) is 6.08 Å². The van der Waals surface area contributed by atoms with Crippen LogP contribution in [0, 0.1) is 0 Å². The maximum absolute atomic E-state index is 13.0. The Labute approximate surface area is 448 Å². The Kier molecular flexibility index (Phi) is 49.9. The SMILES string of the molecule is CCCCCCCCC/C=C/C(O)C(COC1OC(CO)C(O)C(O)C1O)NC(=O)CCCCCCCCCCCCCCCCCCCCOC(=O)CCCCCCCCCCCCCCCCCCCC. The second-order valence-electron chi connectivity index (χ2n) is 22.1. The molecule has 11 nitrogen and oxygen atoms in total. The summed E-state index contributed by atoms with van der Waals surface area (Å²) in [6.07, 6.45) is 51.8. The normalized spacial score (nSPS) is 18.9. The predicted molar refractivity (Wildman–Crippen MR) is 301 cm³/mol. The third-order valence-electron chi connectivity index (χ3n) is 15.2. The number of hydrogen-bond acceptors (Lipinski definition) is 10. The van der Waals surface area contributed by atoms with Gasteiger partial charge in [0.2, 0.25) is 5.91 Å². The van der Waals surface area contributed by atoms with Crippen molar-refractivity contribution in [2.24, 2.45) is 0 Å². The highest BCUT2D eigenvalue weighted by molar-refractivity contribution is 5.76. The lowest BCUT2D eigenvalue weighted by Crippen LogP contribution is -2.60. The van der Waals surface area contributed by atoms with Crippen molar-refractivity contribution < 1.29 is 49.3 Å². The van der Waals surface area contributed by atoms with Gasteiger partial charge in [-0.3, -0.25) is 9.59 Å². The molecule has 0 spiro atoms. The zero-order valence-electron chi connectivity index (χ0n) is 47.6. The number of carbonyl (C=O) groups is 2. The summed E-state index contributed by atoms with van der Waals surface area (Å²) in [6.45, 7) is 4.33. The van der Waals surface area contributed by atoms with E-state index in [9.17, 15) is 35.1 Å². The van der Waals surface area contributed by atoms with E-state index < -0.39 is 49.5 Å². The summed E-state index contributed by atoms with van der Waals surface area (Å²) < 4.78 is 16.7. The lowest BCUT2D eigenvalue weighted by Gasteiger charge is -2.40. The number of hydrogen-bond donors (Lipinski definition) is 6. The van der Waals surface area contributed by atoms with Crippen molar-refractivity contribution >= 4 is 11.9 Å². The molecule has 1 amide bonds. The smallest absolute Gasteiger partial charge is 0.305 e. The topological polar surface area (TPSA) is 175 Å². The first kappa shape index (κ1) is 69.4. The molecule has 0 bridgehead atoms. The maximum atomic E-state index is 13.0. The van der Waals surface area contributed by atoms with Crippen LogP contribution in [-0.4, -0.2) is 100 Å². The van der Waals surface area contributed by atoms with Gasteiger partial charge < -0.3 is 45.1 Å². The molecular formula is C62H119NO10. The number of ether oxygens (including phenoxy) is 3. The van der Waals surface area contributed by atoms with Gasteiger partial charge in [0.05, 0.1) is 32.0 Å². The molecule has 1 heterocycles. The van der Waals surface area contributed by atoms with Crippen molar-refractivity contribution in [3.05, 3.63) is 12.2 Å². The molecule has 1 fully saturated rings. The van der Waals surface area contributed by atoms with Gasteiger partial charge in [-0.15, -0.1) is 0 Å². The Balaban J connectivity index is 1.98. The monoisotopic (exact) mass is 1040 g/mol. The van der Waals surface area contributed by atoms with Crippen molar-refractivity contribution in [3.8, 4) is 0 Å². The molecule has 0 aromatic carbocycles. The minimum atomic E-state index is -1.57. The zero-order valence-corrected chi connectivity index (χ0v) is 47.6. The van der Waals surface area contributed by atoms with E-state index in [2.05, 4.69) is 19.2 Å². The second-order valence-corrected chi connectivity index (χ2v) is 22.1. The van der Waals surface area contributed by atoms with Crippen LogP contribution in [0.2, 0.25) is 0 Å². The van der Waals surface area contributed by atoms with Crippen molar-refractivity contribution in [3.63, 3.8) is 0 Å². The number of allylic oxidation sites excluding steroid dienone is 1. The van der Waals surface area contributed by atoms with Crippen LogP contribution in [0.4, 0.5) is 0 Å². The number of esters is 1. The number of nitrogens with one attached hydrogen (secondary N) is 1. The highest BCUT2D eigenvalue weighted by Crippen LogP contribution is 2.23. The van der Waals surface area contributed by atoms with Crippen LogP contribution >= 0.6 is 0 Å². The van der Waals surface area contributed by atoms with Crippen LogP contribution < -0.4 is 5.32 Å². The third kappa shape index (κ3) is 42.1. The molecule has 1 aliphatic rings. The average Bonchev–Trinajstić information content (AvgIpc) is 3.39. The fraction of sp³-hybridized carbons (Fsp3) is 0.935. The minimum absolute atomic E-state index is 0.00360. The molecule has 432 valence electrons. The second kappa shape index (κ2) is 52.5. The molecule has 1 aliphatic heterocycles. The molecule has 73 heavy (non-hydrogen) atoms. The number of aliphatic hydroxyl groups excluding tert-OH is 5. The van der Waals surface area contributed by atoms with E-state index >= 15 is 0 Å². The van der Waals surface area contributed by atoms with Gasteiger partial charge in [-0.2, -0.15) is 0 Å². The van der Waals surface area contributed by atoms with Crippen LogP contribution in [0.15, 0.2) is 12.2 Å². The summed E-state index contributed by atoms with van der Waals surface area (Å²) in [5, 5.41) is 54.2. The number of aliphatic hydroxyl groups is 5. The maximum Gasteiger partial charge on any atom is 0.305 e. The van der Waals surface area contributed by atoms with E-state index in [-0.39, 0.29) is 18.5 Å². The fourth-order valence-electron chi connectivity index (χ4n) is 10.1. The largest absolute Gasteiger partial charge is 0.466 e. The van der Waals surface area contributed by atoms with E-state index in [0.717, 1.165) is 64.2 Å². The Morgan fingerprint density at radius 1 is 0.493 bits per heavy atom. The van der Waals surface area contributed by atoms with Crippen molar-refractivity contribution in [2.75, 3.05) is 19.8 Å². The van der Waals surface area contributed by atoms with Crippen LogP contribution in [0.1, 0.15) is 309 Å². The molecule has 7 unspecified atom stereocenters. The van der Waals surface area contributed by atoms with Crippen LogP contribution in [0.25, 0.3) is 0 Å². The van der Waals surface area contributed by atoms with Crippen LogP contribution in [0.3, 0.4) is 0 Å². The molecule has 0 aromatic heterocycles. The molecule has 6 N–H and O–H groups in total. The predicted octanol–water partition coefficient (Wildman–Crippen LogP) is 14.7. The molecule has 0 saturated carbocycles. The average molecular weight is 1040 g/mol. The molecule has 0 aliphatic carbocycles. The van der Waals surface area contributed by atoms with E-state index in [0.29, 0.717) is 19.4 Å². The zero-order chi connectivity index (χ0) is 53.1. The number of carbonyl (C=O) groups excluding carboxylic acids is 2. The van der Waals surface area contributed by atoms with Gasteiger partial charge in [0.25, 0.3) is 0 Å². The summed E-state index contributed by atoms with van der Waals surface area (Å²) in [6, 6.07) is -0.810. The first-order chi connectivity index (χ1) is 35.7. The highest BCUT2D eigenvalue weighted by Gasteiger charge is 2.44. The van der Waals surface area contributed by atoms with Gasteiger partial charge in [-0.1, -0.05) is 276 Å². The van der Waals surface area contributed by atoms with Crippen LogP contribution in [-0.2, 0) is 23.8 Å². The van der Waals surface area contributed by atoms with Crippen molar-refractivity contribution in [2.45, 2.75) is 352 Å². The Hall–Kier alpha value is -1.60. The molecule has 0 aromatic rings. The molecule has 11 heteroatoms. The molecular weight excluding hydrogens is 919 g/mol. The van der Waals surface area contributed by atoms with Gasteiger partial charge in [0.1, 0.15) is 24.4 Å². The van der Waals surface area contributed by atoms with Gasteiger partial charge in [0, 0.05) is 12.8 Å². The van der Waals surface area contributed by atoms with E-state index in [1.54, 1.807) is 6.08 Å². The minimum Gasteiger partial charge on any atom is -0.466 e. The first-order valence-electron chi connectivity index (χ1n) is 31.5. The summed E-state index contributed by atoms with van der Waals surface area (Å²) in [5.41, 5.74) is 0. The van der Waals surface area contributed by atoms with Gasteiger partial charge in [-0.25, -0.2) is 0 Å². The highest BCUT2D eigenvalue weighted by atomic mass is 16.7. The fourth-order valence-corrected chi connectivity index (χ4v) is 10.1. The Morgan fingerprint density at radius 3 is 1.27 bits per heavy atom. The van der Waals surface area contributed by atoms with Crippen molar-refractivity contribution in [1.29, 1.82) is 0 Å². The van der Waals surface area contributed by atoms with E-state index in [1.165, 1.54) is 218 Å². The molecule has 0 radical (unpaired) electrons. The summed E-state index contributed by atoms with van der Waals surface area (Å²) in [5.74, 6) is -0.190. The summed E-state index contributed by atoms with van der Waals surface area (Å²) >= 11 is 0. The van der Waals surface area contributed by atoms with E-state index in [4.69, 9.17) is 14.2 Å². The number of rotatable bonds is 55. The lowest BCUT2D eigenvalue weighted by atomic mass is 9.99. The summed E-state index contributed by atoms with van der Waals surface area (Å²) in [7, 11) is 0. The number of unbranched alkanes of at least 4 members (excludes halogenated alkanes) is 41.